The van der Waals surface area contributed by atoms with Crippen LogP contribution in [0, 0.1) is 5.92 Å². The summed E-state index contributed by atoms with van der Waals surface area (Å²) >= 11 is 0. The molecule has 0 N–H and O–H groups in total. The summed E-state index contributed by atoms with van der Waals surface area (Å²) in [6, 6.07) is 5.35. The van der Waals surface area contributed by atoms with Gasteiger partial charge in [0.1, 0.15) is 5.75 Å². The second-order valence-corrected chi connectivity index (χ2v) is 5.54. The molecular weight excluding hydrogens is 254 g/mol. The minimum absolute atomic E-state index is 0.0497. The van der Waals surface area contributed by atoms with Gasteiger partial charge >= 0.3 is 0 Å². The van der Waals surface area contributed by atoms with Crippen molar-refractivity contribution in [2.24, 2.45) is 5.92 Å². The van der Waals surface area contributed by atoms with E-state index in [1.807, 2.05) is 6.92 Å². The van der Waals surface area contributed by atoms with E-state index >= 15 is 0 Å². The van der Waals surface area contributed by atoms with E-state index in [0.717, 1.165) is 12.1 Å². The Morgan fingerprint density at radius 2 is 2.15 bits per heavy atom. The van der Waals surface area contributed by atoms with Crippen LogP contribution in [0.1, 0.15) is 44.0 Å². The molecule has 1 amide bonds. The molecular formula is C16H21NO3. The average Bonchev–Trinajstić information content (AvgIpc) is 2.41. The third-order valence-electron chi connectivity index (χ3n) is 3.25. The molecule has 0 fully saturated rings. The predicted octanol–water partition coefficient (Wildman–Crippen LogP) is 3.05. The molecule has 0 saturated carbocycles. The Bertz CT molecular complexity index is 522. The molecule has 1 aromatic carbocycles. The molecule has 0 spiro atoms. The maximum Gasteiger partial charge on any atom is 0.265 e. The average molecular weight is 275 g/mol. The van der Waals surface area contributed by atoms with E-state index in [0.29, 0.717) is 30.2 Å². The van der Waals surface area contributed by atoms with Crippen molar-refractivity contribution < 1.29 is 14.3 Å². The fraction of sp³-hybridized carbons (Fsp3) is 0.500. The zero-order chi connectivity index (χ0) is 14.7. The molecule has 20 heavy (non-hydrogen) atoms. The second-order valence-electron chi connectivity index (χ2n) is 5.54. The van der Waals surface area contributed by atoms with E-state index < -0.39 is 0 Å². The Morgan fingerprint density at radius 3 is 2.80 bits per heavy atom. The van der Waals surface area contributed by atoms with Crippen molar-refractivity contribution in [2.75, 3.05) is 18.1 Å². The maximum absolute atomic E-state index is 12.0. The minimum atomic E-state index is -0.0497. The monoisotopic (exact) mass is 275 g/mol. The molecule has 4 heteroatoms. The van der Waals surface area contributed by atoms with Crippen LogP contribution >= 0.6 is 0 Å². The molecule has 0 atom stereocenters. The van der Waals surface area contributed by atoms with Gasteiger partial charge in [0.15, 0.2) is 12.4 Å². The van der Waals surface area contributed by atoms with Crippen molar-refractivity contribution in [2.45, 2.75) is 33.6 Å². The maximum atomic E-state index is 12.0. The fourth-order valence-electron chi connectivity index (χ4n) is 2.31. The summed E-state index contributed by atoms with van der Waals surface area (Å²) in [5.41, 5.74) is 1.37. The first kappa shape index (κ1) is 14.6. The van der Waals surface area contributed by atoms with Gasteiger partial charge in [-0.2, -0.15) is 0 Å². The Labute approximate surface area is 119 Å². The van der Waals surface area contributed by atoms with Gasteiger partial charge in [-0.3, -0.25) is 9.59 Å². The van der Waals surface area contributed by atoms with Crippen LogP contribution in [0.3, 0.4) is 0 Å². The number of amides is 1. The van der Waals surface area contributed by atoms with Gasteiger partial charge in [0.2, 0.25) is 0 Å². The van der Waals surface area contributed by atoms with Crippen molar-refractivity contribution in [3.05, 3.63) is 23.8 Å². The lowest BCUT2D eigenvalue weighted by atomic mass is 10.0. The number of benzene rings is 1. The lowest BCUT2D eigenvalue weighted by molar-refractivity contribution is -0.121. The van der Waals surface area contributed by atoms with Gasteiger partial charge in [-0.05, 0) is 30.5 Å². The molecule has 0 aromatic heterocycles. The normalized spacial score (nSPS) is 14.2. The number of hydrogen-bond acceptors (Lipinski definition) is 3. The highest BCUT2D eigenvalue weighted by Gasteiger charge is 2.26. The van der Waals surface area contributed by atoms with Gasteiger partial charge in [0.25, 0.3) is 5.91 Å². The van der Waals surface area contributed by atoms with Crippen LogP contribution < -0.4 is 9.64 Å². The predicted molar refractivity (Wildman–Crippen MR) is 78.4 cm³/mol. The molecule has 0 saturated heterocycles. The fourth-order valence-corrected chi connectivity index (χ4v) is 2.31. The Hall–Kier alpha value is -1.84. The number of ketones is 1. The number of anilines is 1. The van der Waals surface area contributed by atoms with Crippen LogP contribution in [0.2, 0.25) is 0 Å². The molecule has 2 rings (SSSR count). The van der Waals surface area contributed by atoms with Crippen molar-refractivity contribution >= 4 is 17.4 Å². The Morgan fingerprint density at radius 1 is 1.40 bits per heavy atom. The molecule has 108 valence electrons. The summed E-state index contributed by atoms with van der Waals surface area (Å²) < 4.78 is 5.44. The first-order valence-electron chi connectivity index (χ1n) is 7.13. The van der Waals surface area contributed by atoms with Gasteiger partial charge in [0.05, 0.1) is 5.69 Å². The van der Waals surface area contributed by atoms with Gasteiger partial charge in [-0.1, -0.05) is 20.8 Å². The summed E-state index contributed by atoms with van der Waals surface area (Å²) in [6.07, 6.45) is 1.35. The Kier molecular flexibility index (Phi) is 4.42. The zero-order valence-electron chi connectivity index (χ0n) is 12.3. The van der Waals surface area contributed by atoms with E-state index in [2.05, 4.69) is 13.8 Å². The van der Waals surface area contributed by atoms with Gasteiger partial charge in [-0.15, -0.1) is 0 Å². The van der Waals surface area contributed by atoms with Crippen molar-refractivity contribution in [1.82, 2.24) is 0 Å². The van der Waals surface area contributed by atoms with Gasteiger partial charge in [0, 0.05) is 18.5 Å². The third kappa shape index (κ3) is 3.00. The number of carbonyl (C=O) groups excluding carboxylic acids is 2. The summed E-state index contributed by atoms with van der Waals surface area (Å²) in [5, 5.41) is 0. The molecule has 1 heterocycles. The number of carbonyl (C=O) groups is 2. The van der Waals surface area contributed by atoms with Crippen LogP contribution in [0.4, 0.5) is 5.69 Å². The lowest BCUT2D eigenvalue weighted by Crippen LogP contribution is -2.41. The lowest BCUT2D eigenvalue weighted by Gasteiger charge is -2.31. The highest BCUT2D eigenvalue weighted by molar-refractivity contribution is 6.01. The van der Waals surface area contributed by atoms with Crippen LogP contribution in [-0.2, 0) is 4.79 Å². The standard InChI is InChI=1S/C16H21NO3/c1-4-5-14(18)12-6-7-15-13(8-12)17(9-11(2)3)16(19)10-20-15/h6-8,11H,4-5,9-10H2,1-3H3. The summed E-state index contributed by atoms with van der Waals surface area (Å²) in [4.78, 5) is 25.7. The largest absolute Gasteiger partial charge is 0.482 e. The molecule has 4 nitrogen and oxygen atoms in total. The van der Waals surface area contributed by atoms with E-state index in [4.69, 9.17) is 4.74 Å². The topological polar surface area (TPSA) is 46.6 Å². The highest BCUT2D eigenvalue weighted by Crippen LogP contribution is 2.33. The minimum Gasteiger partial charge on any atom is -0.482 e. The molecule has 0 bridgehead atoms. The summed E-state index contributed by atoms with van der Waals surface area (Å²) in [7, 11) is 0. The van der Waals surface area contributed by atoms with Crippen molar-refractivity contribution in [3.8, 4) is 5.75 Å². The van der Waals surface area contributed by atoms with Gasteiger partial charge in [-0.25, -0.2) is 0 Å². The highest BCUT2D eigenvalue weighted by atomic mass is 16.5. The Balaban J connectivity index is 2.35. The number of rotatable bonds is 5. The molecule has 1 aromatic rings. The van der Waals surface area contributed by atoms with Crippen molar-refractivity contribution in [3.63, 3.8) is 0 Å². The zero-order valence-corrected chi connectivity index (χ0v) is 12.3. The number of hydrogen-bond donors (Lipinski definition) is 0. The van der Waals surface area contributed by atoms with E-state index in [9.17, 15) is 9.59 Å². The molecule has 0 radical (unpaired) electrons. The molecule has 0 aliphatic carbocycles. The molecule has 0 unspecified atom stereocenters. The van der Waals surface area contributed by atoms with Gasteiger partial charge < -0.3 is 9.64 Å². The third-order valence-corrected chi connectivity index (χ3v) is 3.25. The van der Waals surface area contributed by atoms with Crippen LogP contribution in [-0.4, -0.2) is 24.8 Å². The van der Waals surface area contributed by atoms with Crippen LogP contribution in [0.25, 0.3) is 0 Å². The van der Waals surface area contributed by atoms with E-state index in [1.54, 1.807) is 23.1 Å². The molecule has 1 aliphatic heterocycles. The second kappa shape index (κ2) is 6.07. The first-order chi connectivity index (χ1) is 9.52. The smallest absolute Gasteiger partial charge is 0.265 e. The van der Waals surface area contributed by atoms with E-state index in [-0.39, 0.29) is 18.3 Å². The molecule has 1 aliphatic rings. The number of ether oxygens (including phenoxy) is 1. The number of fused-ring (bicyclic) bond motifs is 1. The SMILES string of the molecule is CCCC(=O)c1ccc2c(c1)N(CC(C)C)C(=O)CO2. The van der Waals surface area contributed by atoms with E-state index in [1.165, 1.54) is 0 Å². The first-order valence-corrected chi connectivity index (χ1v) is 7.13. The van der Waals surface area contributed by atoms with Crippen LogP contribution in [0.15, 0.2) is 18.2 Å². The summed E-state index contributed by atoms with van der Waals surface area (Å²) in [5.74, 6) is 1.10. The van der Waals surface area contributed by atoms with Crippen LogP contribution in [0.5, 0.6) is 5.75 Å². The van der Waals surface area contributed by atoms with Crippen molar-refractivity contribution in [1.29, 1.82) is 0 Å². The summed E-state index contributed by atoms with van der Waals surface area (Å²) in [6.45, 7) is 6.82. The quantitative estimate of drug-likeness (QED) is 0.776. The number of nitrogens with zero attached hydrogens (tertiary/aromatic N) is 1. The number of Topliss-reactive ketones (excluding diaryl/α,β-unsaturated/α-hetero) is 1.